The van der Waals surface area contributed by atoms with Gasteiger partial charge in [0.25, 0.3) is 11.8 Å². The summed E-state index contributed by atoms with van der Waals surface area (Å²) >= 11 is 0. The maximum Gasteiger partial charge on any atom is 0.259 e. The van der Waals surface area contributed by atoms with Crippen molar-refractivity contribution in [2.75, 3.05) is 51.3 Å². The number of pyridine rings is 1. The molecule has 2 amide bonds. The zero-order valence-electron chi connectivity index (χ0n) is 16.7. The molecule has 0 atom stereocenters. The molecule has 1 aliphatic rings. The van der Waals surface area contributed by atoms with E-state index in [1.165, 1.54) is 0 Å². The Bertz CT molecular complexity index is 853. The van der Waals surface area contributed by atoms with Gasteiger partial charge in [-0.15, -0.1) is 0 Å². The summed E-state index contributed by atoms with van der Waals surface area (Å²) in [6, 6.07) is 10.6. The molecule has 9 nitrogen and oxygen atoms in total. The zero-order valence-corrected chi connectivity index (χ0v) is 16.7. The van der Waals surface area contributed by atoms with Crippen LogP contribution in [0.25, 0.3) is 0 Å². The molecule has 2 heterocycles. The molecule has 1 aromatic carbocycles. The van der Waals surface area contributed by atoms with E-state index in [-0.39, 0.29) is 18.4 Å². The standard InChI is InChI=1S/C21H26N6O3/c28-20(26-25-15-17-4-6-22-7-5-17)16-24-19-3-1-2-18(14-19)21(29)23-8-9-27-10-12-30-13-11-27/h1-7,14-15,24H,8-13,16H2,(H,23,29)(H,26,28)/b25-15+. The van der Waals surface area contributed by atoms with Gasteiger partial charge in [0.05, 0.1) is 26.0 Å². The lowest BCUT2D eigenvalue weighted by Crippen LogP contribution is -2.41. The summed E-state index contributed by atoms with van der Waals surface area (Å²) in [6.45, 7) is 4.68. The van der Waals surface area contributed by atoms with Gasteiger partial charge in [-0.3, -0.25) is 19.5 Å². The second kappa shape index (κ2) is 11.6. The van der Waals surface area contributed by atoms with E-state index in [0.717, 1.165) is 38.4 Å². The first-order valence-corrected chi connectivity index (χ1v) is 9.85. The average molecular weight is 410 g/mol. The van der Waals surface area contributed by atoms with E-state index in [2.05, 4.69) is 31.0 Å². The Balaban J connectivity index is 1.40. The Kier molecular flexibility index (Phi) is 8.31. The number of ether oxygens (including phenoxy) is 1. The van der Waals surface area contributed by atoms with E-state index < -0.39 is 0 Å². The Hall–Kier alpha value is -3.30. The minimum atomic E-state index is -0.291. The van der Waals surface area contributed by atoms with Gasteiger partial charge in [0.15, 0.2) is 0 Å². The van der Waals surface area contributed by atoms with E-state index in [1.54, 1.807) is 55.0 Å². The van der Waals surface area contributed by atoms with Gasteiger partial charge >= 0.3 is 0 Å². The van der Waals surface area contributed by atoms with Gasteiger partial charge in [-0.1, -0.05) is 6.07 Å². The van der Waals surface area contributed by atoms with Gasteiger partial charge in [0, 0.05) is 49.8 Å². The van der Waals surface area contributed by atoms with Gasteiger partial charge in [-0.25, -0.2) is 5.43 Å². The Labute approximate surface area is 175 Å². The van der Waals surface area contributed by atoms with Crippen LogP contribution < -0.4 is 16.1 Å². The second-order valence-corrected chi connectivity index (χ2v) is 6.72. The number of carbonyl (C=O) groups is 2. The highest BCUT2D eigenvalue weighted by atomic mass is 16.5. The molecule has 1 aromatic heterocycles. The normalized spacial score (nSPS) is 14.4. The molecule has 9 heteroatoms. The predicted octanol–water partition coefficient (Wildman–Crippen LogP) is 0.706. The Morgan fingerprint density at radius 3 is 2.77 bits per heavy atom. The van der Waals surface area contributed by atoms with Crippen molar-refractivity contribution >= 4 is 23.7 Å². The van der Waals surface area contributed by atoms with Crippen molar-refractivity contribution in [2.45, 2.75) is 0 Å². The smallest absolute Gasteiger partial charge is 0.259 e. The number of rotatable bonds is 9. The zero-order chi connectivity index (χ0) is 21.0. The molecular weight excluding hydrogens is 384 g/mol. The topological polar surface area (TPSA) is 108 Å². The average Bonchev–Trinajstić information content (AvgIpc) is 2.79. The van der Waals surface area contributed by atoms with Crippen LogP contribution in [0.2, 0.25) is 0 Å². The lowest BCUT2D eigenvalue weighted by Gasteiger charge is -2.26. The quantitative estimate of drug-likeness (QED) is 0.415. The van der Waals surface area contributed by atoms with Gasteiger partial charge in [-0.05, 0) is 35.9 Å². The summed E-state index contributed by atoms with van der Waals surface area (Å²) in [7, 11) is 0. The molecule has 3 rings (SSSR count). The van der Waals surface area contributed by atoms with Gasteiger partial charge in [-0.2, -0.15) is 5.10 Å². The van der Waals surface area contributed by atoms with Crippen molar-refractivity contribution in [3.8, 4) is 0 Å². The molecule has 1 aliphatic heterocycles. The molecule has 0 bridgehead atoms. The maximum atomic E-state index is 12.4. The molecule has 3 N–H and O–H groups in total. The number of amides is 2. The highest BCUT2D eigenvalue weighted by Crippen LogP contribution is 2.10. The molecule has 30 heavy (non-hydrogen) atoms. The number of aromatic nitrogens is 1. The predicted molar refractivity (Wildman–Crippen MR) is 114 cm³/mol. The van der Waals surface area contributed by atoms with E-state index in [9.17, 15) is 9.59 Å². The van der Waals surface area contributed by atoms with Crippen LogP contribution in [0.15, 0.2) is 53.9 Å². The Morgan fingerprint density at radius 1 is 1.17 bits per heavy atom. The largest absolute Gasteiger partial charge is 0.379 e. The molecule has 0 radical (unpaired) electrons. The van der Waals surface area contributed by atoms with Crippen LogP contribution in [-0.2, 0) is 9.53 Å². The molecular formula is C21H26N6O3. The summed E-state index contributed by atoms with van der Waals surface area (Å²) in [5.41, 5.74) is 4.52. The minimum Gasteiger partial charge on any atom is -0.379 e. The number of hydrazone groups is 1. The number of nitrogens with zero attached hydrogens (tertiary/aromatic N) is 3. The van der Waals surface area contributed by atoms with Crippen LogP contribution in [0.3, 0.4) is 0 Å². The van der Waals surface area contributed by atoms with Crippen LogP contribution in [0.1, 0.15) is 15.9 Å². The fraction of sp³-hybridized carbons (Fsp3) is 0.333. The van der Waals surface area contributed by atoms with Crippen LogP contribution in [0.5, 0.6) is 0 Å². The van der Waals surface area contributed by atoms with Crippen molar-refractivity contribution in [3.63, 3.8) is 0 Å². The van der Waals surface area contributed by atoms with Crippen LogP contribution >= 0.6 is 0 Å². The fourth-order valence-electron chi connectivity index (χ4n) is 2.87. The third kappa shape index (κ3) is 7.26. The summed E-state index contributed by atoms with van der Waals surface area (Å²) in [5.74, 6) is -0.431. The second-order valence-electron chi connectivity index (χ2n) is 6.72. The highest BCUT2D eigenvalue weighted by Gasteiger charge is 2.11. The third-order valence-electron chi connectivity index (χ3n) is 4.50. The molecule has 0 spiro atoms. The number of carbonyl (C=O) groups excluding carboxylic acids is 2. The molecule has 158 valence electrons. The maximum absolute atomic E-state index is 12.4. The van der Waals surface area contributed by atoms with Crippen LogP contribution in [-0.4, -0.2) is 73.9 Å². The van der Waals surface area contributed by atoms with Crippen molar-refractivity contribution in [3.05, 3.63) is 59.9 Å². The summed E-state index contributed by atoms with van der Waals surface area (Å²) in [5, 5.41) is 9.83. The van der Waals surface area contributed by atoms with Crippen molar-refractivity contribution in [2.24, 2.45) is 5.10 Å². The molecule has 0 unspecified atom stereocenters. The monoisotopic (exact) mass is 410 g/mol. The number of hydrogen-bond acceptors (Lipinski definition) is 7. The molecule has 1 saturated heterocycles. The summed E-state index contributed by atoms with van der Waals surface area (Å²) in [4.78, 5) is 30.5. The molecule has 2 aromatic rings. The van der Waals surface area contributed by atoms with Gasteiger partial charge < -0.3 is 15.4 Å². The first kappa shape index (κ1) is 21.4. The van der Waals surface area contributed by atoms with E-state index in [1.807, 2.05) is 0 Å². The molecule has 0 aliphatic carbocycles. The van der Waals surface area contributed by atoms with Crippen molar-refractivity contribution in [1.29, 1.82) is 0 Å². The SMILES string of the molecule is O=C(CNc1cccc(C(=O)NCCN2CCOCC2)c1)N/N=C/c1ccncc1. The van der Waals surface area contributed by atoms with Crippen LogP contribution in [0.4, 0.5) is 5.69 Å². The minimum absolute atomic E-state index is 0.0375. The highest BCUT2D eigenvalue weighted by molar-refractivity contribution is 5.95. The summed E-state index contributed by atoms with van der Waals surface area (Å²) in [6.07, 6.45) is 4.84. The number of morpholine rings is 1. The molecule has 0 saturated carbocycles. The number of hydrogen-bond donors (Lipinski definition) is 3. The number of anilines is 1. The first-order chi connectivity index (χ1) is 14.7. The van der Waals surface area contributed by atoms with E-state index in [0.29, 0.717) is 17.8 Å². The number of benzene rings is 1. The number of nitrogens with one attached hydrogen (secondary N) is 3. The van der Waals surface area contributed by atoms with Crippen LogP contribution in [0, 0.1) is 0 Å². The molecule has 1 fully saturated rings. The Morgan fingerprint density at radius 2 is 1.97 bits per heavy atom. The summed E-state index contributed by atoms with van der Waals surface area (Å²) < 4.78 is 5.32. The lowest BCUT2D eigenvalue weighted by molar-refractivity contribution is -0.119. The van der Waals surface area contributed by atoms with Gasteiger partial charge in [0.2, 0.25) is 0 Å². The van der Waals surface area contributed by atoms with Crippen molar-refractivity contribution < 1.29 is 14.3 Å². The lowest BCUT2D eigenvalue weighted by atomic mass is 10.2. The van der Waals surface area contributed by atoms with Gasteiger partial charge in [0.1, 0.15) is 0 Å². The van der Waals surface area contributed by atoms with E-state index in [4.69, 9.17) is 4.74 Å². The van der Waals surface area contributed by atoms with Crippen molar-refractivity contribution in [1.82, 2.24) is 20.6 Å². The van der Waals surface area contributed by atoms with E-state index >= 15 is 0 Å². The third-order valence-corrected chi connectivity index (χ3v) is 4.50. The first-order valence-electron chi connectivity index (χ1n) is 9.85. The fourth-order valence-corrected chi connectivity index (χ4v) is 2.87.